The van der Waals surface area contributed by atoms with Crippen LogP contribution in [-0.2, 0) is 11.4 Å². The van der Waals surface area contributed by atoms with Gasteiger partial charge in [-0.15, -0.1) is 0 Å². The molecule has 0 atom stereocenters. The number of nitrogens with zero attached hydrogens (tertiary/aromatic N) is 2. The van der Waals surface area contributed by atoms with Crippen molar-refractivity contribution < 1.29 is 14.3 Å². The van der Waals surface area contributed by atoms with Crippen molar-refractivity contribution in [2.75, 3.05) is 11.9 Å². The van der Waals surface area contributed by atoms with Crippen molar-refractivity contribution >= 4 is 29.3 Å². The molecule has 1 N–H and O–H groups in total. The summed E-state index contributed by atoms with van der Waals surface area (Å²) < 4.78 is 13.5. The van der Waals surface area contributed by atoms with Gasteiger partial charge in [-0.3, -0.25) is 4.79 Å². The van der Waals surface area contributed by atoms with Crippen molar-refractivity contribution in [3.05, 3.63) is 112 Å². The zero-order chi connectivity index (χ0) is 27.1. The highest BCUT2D eigenvalue weighted by atomic mass is 35.5. The fourth-order valence-electron chi connectivity index (χ4n) is 4.10. The molecule has 1 aromatic heterocycles. The first-order valence-electron chi connectivity index (χ1n) is 12.2. The summed E-state index contributed by atoms with van der Waals surface area (Å²) in [6.07, 6.45) is 1.62. The van der Waals surface area contributed by atoms with Gasteiger partial charge in [-0.2, -0.15) is 5.26 Å². The molecule has 1 heterocycles. The fraction of sp³-hybridized carbons (Fsp3) is 0.161. The van der Waals surface area contributed by atoms with Crippen LogP contribution in [0.4, 0.5) is 5.69 Å². The molecule has 4 aromatic rings. The Morgan fingerprint density at radius 1 is 1.00 bits per heavy atom. The van der Waals surface area contributed by atoms with Crippen LogP contribution in [0.15, 0.2) is 84.4 Å². The molecular formula is C31H28ClN3O3. The van der Waals surface area contributed by atoms with Crippen molar-refractivity contribution in [2.45, 2.75) is 27.4 Å². The van der Waals surface area contributed by atoms with Crippen LogP contribution in [0.3, 0.4) is 0 Å². The highest BCUT2D eigenvalue weighted by molar-refractivity contribution is 6.30. The number of halogens is 1. The van der Waals surface area contributed by atoms with Gasteiger partial charge in [-0.25, -0.2) is 0 Å². The Morgan fingerprint density at radius 2 is 1.74 bits per heavy atom. The summed E-state index contributed by atoms with van der Waals surface area (Å²) in [6, 6.07) is 26.4. The van der Waals surface area contributed by atoms with Crippen LogP contribution >= 0.6 is 11.6 Å². The summed E-state index contributed by atoms with van der Waals surface area (Å²) in [7, 11) is 0. The normalized spacial score (nSPS) is 11.1. The predicted molar refractivity (Wildman–Crippen MR) is 151 cm³/mol. The highest BCUT2D eigenvalue weighted by Crippen LogP contribution is 2.25. The lowest BCUT2D eigenvalue weighted by molar-refractivity contribution is -0.112. The third kappa shape index (κ3) is 6.44. The maximum absolute atomic E-state index is 12.8. The van der Waals surface area contributed by atoms with E-state index in [1.165, 1.54) is 0 Å². The quantitative estimate of drug-likeness (QED) is 0.184. The number of carbonyl (C=O) groups excluding carboxylic acids is 1. The third-order valence-corrected chi connectivity index (χ3v) is 6.20. The summed E-state index contributed by atoms with van der Waals surface area (Å²) in [5.74, 6) is 0.925. The molecule has 0 saturated heterocycles. The molecule has 0 aliphatic rings. The molecule has 192 valence electrons. The van der Waals surface area contributed by atoms with Crippen molar-refractivity contribution in [1.29, 1.82) is 5.26 Å². The number of aryl methyl sites for hydroxylation is 1. The highest BCUT2D eigenvalue weighted by Gasteiger charge is 2.14. The molecule has 3 aromatic carbocycles. The van der Waals surface area contributed by atoms with E-state index in [4.69, 9.17) is 21.1 Å². The molecule has 0 fully saturated rings. The van der Waals surface area contributed by atoms with Crippen LogP contribution in [0.1, 0.15) is 29.4 Å². The van der Waals surface area contributed by atoms with Gasteiger partial charge in [0.1, 0.15) is 29.7 Å². The number of amides is 1. The van der Waals surface area contributed by atoms with Crippen LogP contribution in [-0.4, -0.2) is 17.1 Å². The Kier molecular flexibility index (Phi) is 8.52. The van der Waals surface area contributed by atoms with Crippen molar-refractivity contribution in [1.82, 2.24) is 4.57 Å². The summed E-state index contributed by atoms with van der Waals surface area (Å²) in [4.78, 5) is 12.8. The van der Waals surface area contributed by atoms with Crippen LogP contribution in [0.2, 0.25) is 5.02 Å². The summed E-state index contributed by atoms with van der Waals surface area (Å²) >= 11 is 5.94. The van der Waals surface area contributed by atoms with E-state index in [0.717, 1.165) is 34.0 Å². The number of benzene rings is 3. The Hall–Kier alpha value is -4.47. The van der Waals surface area contributed by atoms with Crippen molar-refractivity contribution in [3.63, 3.8) is 0 Å². The zero-order valence-electron chi connectivity index (χ0n) is 21.5. The molecule has 6 nitrogen and oxygen atoms in total. The number of hydrogen-bond donors (Lipinski definition) is 1. The minimum absolute atomic E-state index is 0.0120. The zero-order valence-corrected chi connectivity index (χ0v) is 22.3. The molecule has 0 spiro atoms. The Bertz CT molecular complexity index is 1500. The van der Waals surface area contributed by atoms with E-state index in [1.807, 2.05) is 87.5 Å². The molecule has 0 unspecified atom stereocenters. The summed E-state index contributed by atoms with van der Waals surface area (Å²) in [5.41, 5.74) is 5.24. The first kappa shape index (κ1) is 26.6. The van der Waals surface area contributed by atoms with Crippen molar-refractivity contribution in [3.8, 4) is 23.3 Å². The lowest BCUT2D eigenvalue weighted by Crippen LogP contribution is -2.13. The van der Waals surface area contributed by atoms with Gasteiger partial charge in [0.15, 0.2) is 0 Å². The SMILES string of the molecule is CCOc1cccc(NC(=O)/C(C#N)=C\c2cc(C)n(-c3ccc(OCc4ccc(Cl)cc4)cc3)c2C)c1. The molecule has 0 aliphatic heterocycles. The number of carbonyl (C=O) groups is 1. The first-order chi connectivity index (χ1) is 18.4. The topological polar surface area (TPSA) is 76.3 Å². The average molecular weight is 526 g/mol. The molecular weight excluding hydrogens is 498 g/mol. The smallest absolute Gasteiger partial charge is 0.266 e. The number of nitriles is 1. The third-order valence-electron chi connectivity index (χ3n) is 5.95. The fourth-order valence-corrected chi connectivity index (χ4v) is 4.23. The van der Waals surface area contributed by atoms with Crippen LogP contribution in [0.5, 0.6) is 11.5 Å². The van der Waals surface area contributed by atoms with Gasteiger partial charge in [0.25, 0.3) is 5.91 Å². The average Bonchev–Trinajstić information content (AvgIpc) is 3.19. The number of ether oxygens (including phenoxy) is 2. The van der Waals surface area contributed by atoms with Gasteiger partial charge >= 0.3 is 0 Å². The minimum Gasteiger partial charge on any atom is -0.494 e. The predicted octanol–water partition coefficient (Wildman–Crippen LogP) is 7.27. The van der Waals surface area contributed by atoms with E-state index in [1.54, 1.807) is 24.3 Å². The maximum atomic E-state index is 12.8. The number of rotatable bonds is 9. The van der Waals surface area contributed by atoms with E-state index in [2.05, 4.69) is 9.88 Å². The van der Waals surface area contributed by atoms with E-state index in [9.17, 15) is 10.1 Å². The lowest BCUT2D eigenvalue weighted by Gasteiger charge is -2.12. The molecule has 0 aliphatic carbocycles. The van der Waals surface area contributed by atoms with E-state index < -0.39 is 5.91 Å². The van der Waals surface area contributed by atoms with Crippen LogP contribution < -0.4 is 14.8 Å². The van der Waals surface area contributed by atoms with Crippen LogP contribution in [0, 0.1) is 25.2 Å². The first-order valence-corrected chi connectivity index (χ1v) is 12.6. The molecule has 0 radical (unpaired) electrons. The maximum Gasteiger partial charge on any atom is 0.266 e. The molecule has 1 amide bonds. The molecule has 38 heavy (non-hydrogen) atoms. The Balaban J connectivity index is 1.49. The molecule has 7 heteroatoms. The monoisotopic (exact) mass is 525 g/mol. The van der Waals surface area contributed by atoms with Gasteiger partial charge in [0.05, 0.1) is 6.61 Å². The number of aromatic nitrogens is 1. The Labute approximate surface area is 227 Å². The molecule has 4 rings (SSSR count). The molecule has 0 bridgehead atoms. The second-order valence-corrected chi connectivity index (χ2v) is 9.09. The van der Waals surface area contributed by atoms with E-state index in [0.29, 0.717) is 29.7 Å². The van der Waals surface area contributed by atoms with Gasteiger partial charge in [0.2, 0.25) is 0 Å². The largest absolute Gasteiger partial charge is 0.494 e. The van der Waals surface area contributed by atoms with Gasteiger partial charge < -0.3 is 19.4 Å². The summed E-state index contributed by atoms with van der Waals surface area (Å²) in [5, 5.41) is 13.2. The number of anilines is 1. The van der Waals surface area contributed by atoms with Gasteiger partial charge in [-0.05, 0) is 92.6 Å². The second kappa shape index (κ2) is 12.2. The van der Waals surface area contributed by atoms with Gasteiger partial charge in [0, 0.05) is 33.9 Å². The minimum atomic E-state index is -0.479. The second-order valence-electron chi connectivity index (χ2n) is 8.66. The standard InChI is InChI=1S/C31H28ClN3O3/c1-4-37-30-7-5-6-27(18-30)34-31(36)25(19-33)17-24-16-21(2)35(22(24)3)28-12-14-29(15-13-28)38-20-23-8-10-26(32)11-9-23/h5-18H,4,20H2,1-3H3,(H,34,36)/b25-17-. The molecule has 0 saturated carbocycles. The van der Waals surface area contributed by atoms with E-state index >= 15 is 0 Å². The van der Waals surface area contributed by atoms with E-state index in [-0.39, 0.29) is 5.57 Å². The van der Waals surface area contributed by atoms with Gasteiger partial charge in [-0.1, -0.05) is 29.8 Å². The number of nitrogens with one attached hydrogen (secondary N) is 1. The number of hydrogen-bond acceptors (Lipinski definition) is 4. The van der Waals surface area contributed by atoms with Crippen molar-refractivity contribution in [2.24, 2.45) is 0 Å². The van der Waals surface area contributed by atoms with Crippen LogP contribution in [0.25, 0.3) is 11.8 Å². The summed E-state index contributed by atoms with van der Waals surface area (Å²) in [6.45, 7) is 6.81. The Morgan fingerprint density at radius 3 is 2.42 bits per heavy atom. The lowest BCUT2D eigenvalue weighted by atomic mass is 10.1.